The first-order chi connectivity index (χ1) is 9.19. The lowest BCUT2D eigenvalue weighted by Crippen LogP contribution is -2.36. The van der Waals surface area contributed by atoms with Crippen molar-refractivity contribution in [2.45, 2.75) is 26.1 Å². The maximum absolute atomic E-state index is 11.9. The maximum Gasteiger partial charge on any atom is 0.405 e. The van der Waals surface area contributed by atoms with Crippen molar-refractivity contribution in [3.63, 3.8) is 0 Å². The molecule has 1 amide bonds. The normalized spacial score (nSPS) is 12.9. The molecule has 1 rings (SSSR count). The molecule has 0 unspecified atom stereocenters. The standard InChI is InChI=1S/C13H16F3NO3/c1-8-5-10(9(2)18)3-4-11(8)20-6-12(19)17-7-13(14,15)16/h3-5,9,18H,6-7H2,1-2H3,(H,17,19)/t9-/m0/s1. The van der Waals surface area contributed by atoms with Crippen LogP contribution < -0.4 is 10.1 Å². The van der Waals surface area contributed by atoms with Crippen LogP contribution in [0.2, 0.25) is 0 Å². The van der Waals surface area contributed by atoms with Crippen LogP contribution in [0.5, 0.6) is 5.75 Å². The van der Waals surface area contributed by atoms with Crippen LogP contribution in [0.4, 0.5) is 13.2 Å². The number of rotatable bonds is 5. The lowest BCUT2D eigenvalue weighted by atomic mass is 10.1. The number of alkyl halides is 3. The fourth-order valence-corrected chi connectivity index (χ4v) is 1.49. The van der Waals surface area contributed by atoms with Crippen molar-refractivity contribution in [3.05, 3.63) is 29.3 Å². The second-order valence-corrected chi connectivity index (χ2v) is 4.38. The summed E-state index contributed by atoms with van der Waals surface area (Å²) in [7, 11) is 0. The summed E-state index contributed by atoms with van der Waals surface area (Å²) in [6.45, 7) is 1.45. The fraction of sp³-hybridized carbons (Fsp3) is 0.462. The zero-order valence-corrected chi connectivity index (χ0v) is 11.1. The van der Waals surface area contributed by atoms with E-state index in [9.17, 15) is 23.1 Å². The molecule has 0 aliphatic heterocycles. The number of ether oxygens (including phenoxy) is 1. The third-order valence-corrected chi connectivity index (χ3v) is 2.53. The van der Waals surface area contributed by atoms with Crippen LogP contribution in [0, 0.1) is 6.92 Å². The second kappa shape index (κ2) is 6.60. The third kappa shape index (κ3) is 5.48. The minimum atomic E-state index is -4.44. The molecular weight excluding hydrogens is 275 g/mol. The zero-order chi connectivity index (χ0) is 15.3. The van der Waals surface area contributed by atoms with Gasteiger partial charge in [-0.1, -0.05) is 6.07 Å². The Balaban J connectivity index is 2.51. The van der Waals surface area contributed by atoms with Gasteiger partial charge in [0, 0.05) is 0 Å². The van der Waals surface area contributed by atoms with Gasteiger partial charge in [0.1, 0.15) is 12.3 Å². The summed E-state index contributed by atoms with van der Waals surface area (Å²) in [5.74, 6) is -0.460. The first kappa shape index (κ1) is 16.3. The van der Waals surface area contributed by atoms with E-state index in [0.29, 0.717) is 16.9 Å². The van der Waals surface area contributed by atoms with E-state index in [1.165, 1.54) is 0 Å². The molecule has 0 saturated heterocycles. The number of nitrogens with one attached hydrogen (secondary N) is 1. The molecule has 7 heteroatoms. The quantitative estimate of drug-likeness (QED) is 0.873. The highest BCUT2D eigenvalue weighted by atomic mass is 19.4. The van der Waals surface area contributed by atoms with Crippen LogP contribution >= 0.6 is 0 Å². The number of carbonyl (C=O) groups is 1. The Labute approximate surface area is 114 Å². The van der Waals surface area contributed by atoms with Gasteiger partial charge in [-0.05, 0) is 37.1 Å². The highest BCUT2D eigenvalue weighted by Crippen LogP contribution is 2.22. The highest BCUT2D eigenvalue weighted by Gasteiger charge is 2.27. The number of halogens is 3. The Morgan fingerprint density at radius 2 is 2.10 bits per heavy atom. The number of carbonyl (C=O) groups excluding carboxylic acids is 1. The summed E-state index contributed by atoms with van der Waals surface area (Å²) in [6.07, 6.45) is -5.07. The van der Waals surface area contributed by atoms with Crippen LogP contribution in [0.3, 0.4) is 0 Å². The molecule has 0 aromatic heterocycles. The van der Waals surface area contributed by atoms with Crippen LogP contribution in [-0.4, -0.2) is 30.3 Å². The van der Waals surface area contributed by atoms with Crippen molar-refractivity contribution in [2.24, 2.45) is 0 Å². The Morgan fingerprint density at radius 1 is 1.45 bits per heavy atom. The molecule has 1 aromatic rings. The van der Waals surface area contributed by atoms with Crippen molar-refractivity contribution in [3.8, 4) is 5.75 Å². The van der Waals surface area contributed by atoms with Crippen molar-refractivity contribution in [2.75, 3.05) is 13.2 Å². The molecule has 0 radical (unpaired) electrons. The third-order valence-electron chi connectivity index (χ3n) is 2.53. The van der Waals surface area contributed by atoms with E-state index in [-0.39, 0.29) is 0 Å². The minimum Gasteiger partial charge on any atom is -0.484 e. The van der Waals surface area contributed by atoms with E-state index in [1.54, 1.807) is 37.4 Å². The largest absolute Gasteiger partial charge is 0.484 e. The van der Waals surface area contributed by atoms with E-state index in [2.05, 4.69) is 0 Å². The van der Waals surface area contributed by atoms with Gasteiger partial charge >= 0.3 is 6.18 Å². The molecule has 0 saturated carbocycles. The van der Waals surface area contributed by atoms with Gasteiger partial charge in [0.15, 0.2) is 6.61 Å². The molecule has 1 atom stereocenters. The smallest absolute Gasteiger partial charge is 0.405 e. The first-order valence-corrected chi connectivity index (χ1v) is 5.94. The molecule has 0 bridgehead atoms. The monoisotopic (exact) mass is 291 g/mol. The maximum atomic E-state index is 11.9. The summed E-state index contributed by atoms with van der Waals surface area (Å²) < 4.78 is 40.8. The molecule has 2 N–H and O–H groups in total. The van der Waals surface area contributed by atoms with Gasteiger partial charge in [-0.3, -0.25) is 4.79 Å². The van der Waals surface area contributed by atoms with Crippen LogP contribution in [0.1, 0.15) is 24.2 Å². The van der Waals surface area contributed by atoms with E-state index >= 15 is 0 Å². The molecule has 0 aliphatic rings. The van der Waals surface area contributed by atoms with Crippen molar-refractivity contribution < 1.29 is 27.8 Å². The fourth-order valence-electron chi connectivity index (χ4n) is 1.49. The van der Waals surface area contributed by atoms with Crippen molar-refractivity contribution in [1.29, 1.82) is 0 Å². The van der Waals surface area contributed by atoms with E-state index in [0.717, 1.165) is 0 Å². The predicted octanol–water partition coefficient (Wildman–Crippen LogP) is 2.11. The van der Waals surface area contributed by atoms with E-state index in [1.807, 2.05) is 0 Å². The lowest BCUT2D eigenvalue weighted by molar-refractivity contribution is -0.139. The van der Waals surface area contributed by atoms with Crippen LogP contribution in [0.25, 0.3) is 0 Å². The Bertz CT molecular complexity index is 472. The lowest BCUT2D eigenvalue weighted by Gasteiger charge is -2.12. The summed E-state index contributed by atoms with van der Waals surface area (Å²) in [5.41, 5.74) is 1.38. The molecule has 112 valence electrons. The molecular formula is C13H16F3NO3. The highest BCUT2D eigenvalue weighted by molar-refractivity contribution is 5.77. The SMILES string of the molecule is Cc1cc([C@H](C)O)ccc1OCC(=O)NCC(F)(F)F. The van der Waals surface area contributed by atoms with Crippen molar-refractivity contribution >= 4 is 5.91 Å². The van der Waals surface area contributed by atoms with Crippen molar-refractivity contribution in [1.82, 2.24) is 5.32 Å². The Morgan fingerprint density at radius 3 is 2.60 bits per heavy atom. The molecule has 4 nitrogen and oxygen atoms in total. The van der Waals surface area contributed by atoms with Gasteiger partial charge in [-0.2, -0.15) is 13.2 Å². The Hall–Kier alpha value is -1.76. The number of aliphatic hydroxyl groups is 1. The predicted molar refractivity (Wildman–Crippen MR) is 66.4 cm³/mol. The first-order valence-electron chi connectivity index (χ1n) is 5.94. The minimum absolute atomic E-state index is 0.386. The number of aryl methyl sites for hydroxylation is 1. The molecule has 0 fully saturated rings. The molecule has 0 spiro atoms. The number of amides is 1. The second-order valence-electron chi connectivity index (χ2n) is 4.38. The topological polar surface area (TPSA) is 58.6 Å². The van der Waals surface area contributed by atoms with Gasteiger partial charge in [-0.25, -0.2) is 0 Å². The van der Waals surface area contributed by atoms with Gasteiger partial charge in [-0.15, -0.1) is 0 Å². The van der Waals surface area contributed by atoms with Gasteiger partial charge in [0.25, 0.3) is 5.91 Å². The molecule has 0 aliphatic carbocycles. The number of hydrogen-bond acceptors (Lipinski definition) is 3. The average Bonchev–Trinajstić information content (AvgIpc) is 2.33. The zero-order valence-electron chi connectivity index (χ0n) is 11.1. The summed E-state index contributed by atoms with van der Waals surface area (Å²) in [5, 5.41) is 11.1. The van der Waals surface area contributed by atoms with Crippen LogP contribution in [0.15, 0.2) is 18.2 Å². The number of benzene rings is 1. The summed E-state index contributed by atoms with van der Waals surface area (Å²) in [6, 6.07) is 4.88. The molecule has 0 heterocycles. The molecule has 1 aromatic carbocycles. The summed E-state index contributed by atoms with van der Waals surface area (Å²) in [4.78, 5) is 11.2. The van der Waals surface area contributed by atoms with Crippen LogP contribution in [-0.2, 0) is 4.79 Å². The average molecular weight is 291 g/mol. The van der Waals surface area contributed by atoms with E-state index in [4.69, 9.17) is 4.74 Å². The van der Waals surface area contributed by atoms with Gasteiger partial charge in [0.05, 0.1) is 6.10 Å². The number of hydrogen-bond donors (Lipinski definition) is 2. The summed E-state index contributed by atoms with van der Waals surface area (Å²) >= 11 is 0. The Kier molecular flexibility index (Phi) is 5.38. The molecule has 20 heavy (non-hydrogen) atoms. The van der Waals surface area contributed by atoms with Gasteiger partial charge in [0.2, 0.25) is 0 Å². The number of aliphatic hydroxyl groups excluding tert-OH is 1. The van der Waals surface area contributed by atoms with Gasteiger partial charge < -0.3 is 15.2 Å². The van der Waals surface area contributed by atoms with E-state index < -0.39 is 31.3 Å².